The Bertz CT molecular complexity index is 541. The summed E-state index contributed by atoms with van der Waals surface area (Å²) in [5, 5.41) is 3.48. The van der Waals surface area contributed by atoms with Crippen LogP contribution in [0.1, 0.15) is 25.0 Å². The van der Waals surface area contributed by atoms with Gasteiger partial charge in [0, 0.05) is 26.2 Å². The maximum absolute atomic E-state index is 11.5. The van der Waals surface area contributed by atoms with Crippen molar-refractivity contribution < 1.29 is 8.42 Å². The molecule has 0 spiro atoms. The SMILES string of the molecule is CC(C)CNCc1ccccc1CN1CCS(=O)(=O)CC1. The number of benzene rings is 1. The minimum atomic E-state index is -2.80. The number of sulfone groups is 1. The Balaban J connectivity index is 1.93. The fourth-order valence-corrected chi connectivity index (χ4v) is 3.81. The lowest BCUT2D eigenvalue weighted by Crippen LogP contribution is -2.39. The predicted octanol–water partition coefficient (Wildman–Crippen LogP) is 1.66. The van der Waals surface area contributed by atoms with E-state index in [1.807, 2.05) is 0 Å². The van der Waals surface area contributed by atoms with Gasteiger partial charge in [-0.1, -0.05) is 38.1 Å². The van der Waals surface area contributed by atoms with Crippen LogP contribution in [0.15, 0.2) is 24.3 Å². The van der Waals surface area contributed by atoms with Crippen LogP contribution in [0.4, 0.5) is 0 Å². The van der Waals surface area contributed by atoms with Gasteiger partial charge in [-0.15, -0.1) is 0 Å². The quantitative estimate of drug-likeness (QED) is 0.868. The molecule has 1 saturated heterocycles. The Morgan fingerprint density at radius 3 is 2.38 bits per heavy atom. The molecule has 4 nitrogen and oxygen atoms in total. The van der Waals surface area contributed by atoms with Crippen molar-refractivity contribution in [3.63, 3.8) is 0 Å². The first-order valence-corrected chi connectivity index (χ1v) is 9.49. The van der Waals surface area contributed by atoms with Crippen molar-refractivity contribution in [3.05, 3.63) is 35.4 Å². The second-order valence-corrected chi connectivity index (χ2v) is 8.53. The van der Waals surface area contributed by atoms with Gasteiger partial charge >= 0.3 is 0 Å². The standard InChI is InChI=1S/C16H26N2O2S/c1-14(2)11-17-12-15-5-3-4-6-16(15)13-18-7-9-21(19,20)10-8-18/h3-6,14,17H,7-13H2,1-2H3. The molecule has 1 heterocycles. The van der Waals surface area contributed by atoms with Gasteiger partial charge in [-0.3, -0.25) is 4.90 Å². The van der Waals surface area contributed by atoms with Gasteiger partial charge in [0.25, 0.3) is 0 Å². The number of rotatable bonds is 6. The van der Waals surface area contributed by atoms with Gasteiger partial charge in [0.2, 0.25) is 0 Å². The van der Waals surface area contributed by atoms with Gasteiger partial charge in [0.1, 0.15) is 0 Å². The fraction of sp³-hybridized carbons (Fsp3) is 0.625. The average molecular weight is 310 g/mol. The molecule has 0 aliphatic carbocycles. The summed E-state index contributed by atoms with van der Waals surface area (Å²) in [5.41, 5.74) is 2.61. The topological polar surface area (TPSA) is 49.4 Å². The van der Waals surface area contributed by atoms with Crippen molar-refractivity contribution >= 4 is 9.84 Å². The van der Waals surface area contributed by atoms with Crippen LogP contribution in [0, 0.1) is 5.92 Å². The molecular weight excluding hydrogens is 284 g/mol. The van der Waals surface area contributed by atoms with Crippen molar-refractivity contribution in [2.75, 3.05) is 31.1 Å². The highest BCUT2D eigenvalue weighted by Crippen LogP contribution is 2.14. The summed E-state index contributed by atoms with van der Waals surface area (Å²) in [7, 11) is -2.80. The molecule has 0 radical (unpaired) electrons. The summed E-state index contributed by atoms with van der Waals surface area (Å²) in [6.45, 7) is 8.43. The first-order valence-electron chi connectivity index (χ1n) is 7.66. The second-order valence-electron chi connectivity index (χ2n) is 6.22. The summed E-state index contributed by atoms with van der Waals surface area (Å²) in [5.74, 6) is 1.23. The van der Waals surface area contributed by atoms with Crippen LogP contribution >= 0.6 is 0 Å². The van der Waals surface area contributed by atoms with E-state index in [9.17, 15) is 8.42 Å². The molecule has 0 aromatic heterocycles. The Morgan fingerprint density at radius 1 is 1.14 bits per heavy atom. The fourth-order valence-electron chi connectivity index (χ4n) is 2.53. The highest BCUT2D eigenvalue weighted by atomic mass is 32.2. The molecule has 1 aromatic carbocycles. The first-order chi connectivity index (χ1) is 9.96. The summed E-state index contributed by atoms with van der Waals surface area (Å²) >= 11 is 0. The van der Waals surface area contributed by atoms with Gasteiger partial charge < -0.3 is 5.32 Å². The maximum atomic E-state index is 11.5. The minimum absolute atomic E-state index is 0.292. The van der Waals surface area contributed by atoms with Crippen LogP contribution in [0.3, 0.4) is 0 Å². The lowest BCUT2D eigenvalue weighted by molar-refractivity contribution is 0.286. The van der Waals surface area contributed by atoms with Crippen molar-refractivity contribution in [2.45, 2.75) is 26.9 Å². The molecule has 2 rings (SSSR count). The third-order valence-electron chi connectivity index (χ3n) is 3.82. The van der Waals surface area contributed by atoms with E-state index in [1.165, 1.54) is 11.1 Å². The predicted molar refractivity (Wildman–Crippen MR) is 86.9 cm³/mol. The molecule has 0 amide bonds. The van der Waals surface area contributed by atoms with Crippen LogP contribution in [0.2, 0.25) is 0 Å². The Morgan fingerprint density at radius 2 is 1.76 bits per heavy atom. The van der Waals surface area contributed by atoms with Crippen molar-refractivity contribution in [1.29, 1.82) is 0 Å². The zero-order valence-electron chi connectivity index (χ0n) is 13.0. The largest absolute Gasteiger partial charge is 0.312 e. The third kappa shape index (κ3) is 5.41. The van der Waals surface area contributed by atoms with Gasteiger partial charge in [-0.25, -0.2) is 8.42 Å². The molecule has 5 heteroatoms. The van der Waals surface area contributed by atoms with Crippen LogP contribution in [-0.2, 0) is 22.9 Å². The smallest absolute Gasteiger partial charge is 0.152 e. The van der Waals surface area contributed by atoms with E-state index in [4.69, 9.17) is 0 Å². The van der Waals surface area contributed by atoms with Gasteiger partial charge in [-0.2, -0.15) is 0 Å². The van der Waals surface area contributed by atoms with E-state index in [0.717, 1.165) is 19.6 Å². The summed E-state index contributed by atoms with van der Waals surface area (Å²) in [4.78, 5) is 2.24. The van der Waals surface area contributed by atoms with E-state index >= 15 is 0 Å². The summed E-state index contributed by atoms with van der Waals surface area (Å²) in [6.07, 6.45) is 0. The first kappa shape index (κ1) is 16.5. The van der Waals surface area contributed by atoms with Gasteiger partial charge in [-0.05, 0) is 23.6 Å². The summed E-state index contributed by atoms with van der Waals surface area (Å²) in [6, 6.07) is 8.43. The molecule has 1 aliphatic heterocycles. The number of hydrogen-bond acceptors (Lipinski definition) is 4. The molecule has 1 aliphatic rings. The van der Waals surface area contributed by atoms with E-state index in [2.05, 4.69) is 48.3 Å². The summed E-state index contributed by atoms with van der Waals surface area (Å²) < 4.78 is 23.0. The molecule has 118 valence electrons. The Hall–Kier alpha value is -0.910. The minimum Gasteiger partial charge on any atom is -0.312 e. The number of nitrogens with zero attached hydrogens (tertiary/aromatic N) is 1. The molecule has 0 saturated carbocycles. The highest BCUT2D eigenvalue weighted by molar-refractivity contribution is 7.91. The second kappa shape index (κ2) is 7.38. The number of nitrogens with one attached hydrogen (secondary N) is 1. The molecule has 0 atom stereocenters. The average Bonchev–Trinajstić information content (AvgIpc) is 2.42. The monoisotopic (exact) mass is 310 g/mol. The van der Waals surface area contributed by atoms with Crippen LogP contribution in [0.5, 0.6) is 0 Å². The zero-order valence-corrected chi connectivity index (χ0v) is 13.8. The van der Waals surface area contributed by atoms with Crippen molar-refractivity contribution in [1.82, 2.24) is 10.2 Å². The molecular formula is C16H26N2O2S. The van der Waals surface area contributed by atoms with Crippen LogP contribution < -0.4 is 5.32 Å². The highest BCUT2D eigenvalue weighted by Gasteiger charge is 2.21. The van der Waals surface area contributed by atoms with E-state index in [0.29, 0.717) is 30.5 Å². The third-order valence-corrected chi connectivity index (χ3v) is 5.43. The van der Waals surface area contributed by atoms with E-state index in [1.54, 1.807) is 0 Å². The van der Waals surface area contributed by atoms with Crippen molar-refractivity contribution in [2.24, 2.45) is 5.92 Å². The number of hydrogen-bond donors (Lipinski definition) is 1. The molecule has 21 heavy (non-hydrogen) atoms. The normalized spacial score (nSPS) is 19.0. The zero-order chi connectivity index (χ0) is 15.3. The molecule has 1 aromatic rings. The Kier molecular flexibility index (Phi) is 5.79. The maximum Gasteiger partial charge on any atom is 0.152 e. The molecule has 0 unspecified atom stereocenters. The Labute approximate surface area is 128 Å². The van der Waals surface area contributed by atoms with E-state index in [-0.39, 0.29) is 0 Å². The molecule has 1 N–H and O–H groups in total. The molecule has 1 fully saturated rings. The molecule has 0 bridgehead atoms. The van der Waals surface area contributed by atoms with Gasteiger partial charge in [0.05, 0.1) is 11.5 Å². The lowest BCUT2D eigenvalue weighted by Gasteiger charge is -2.27. The van der Waals surface area contributed by atoms with Gasteiger partial charge in [0.15, 0.2) is 9.84 Å². The van der Waals surface area contributed by atoms with Crippen LogP contribution in [0.25, 0.3) is 0 Å². The van der Waals surface area contributed by atoms with E-state index < -0.39 is 9.84 Å². The lowest BCUT2D eigenvalue weighted by atomic mass is 10.1. The van der Waals surface area contributed by atoms with Crippen LogP contribution in [-0.4, -0.2) is 44.5 Å². The van der Waals surface area contributed by atoms with Crippen molar-refractivity contribution in [3.8, 4) is 0 Å².